The Labute approximate surface area is 128 Å². The van der Waals surface area contributed by atoms with E-state index >= 15 is 0 Å². The minimum atomic E-state index is -0.105. The fraction of sp³-hybridized carbons (Fsp3) is 0.611. The molecule has 2 rings (SSSR count). The molecule has 1 saturated heterocycles. The smallest absolute Gasteiger partial charge is 0.234 e. The van der Waals surface area contributed by atoms with Crippen LogP contribution in [0.1, 0.15) is 45.6 Å². The number of amides is 1. The van der Waals surface area contributed by atoms with Crippen molar-refractivity contribution < 1.29 is 4.79 Å². The third-order valence-corrected chi connectivity index (χ3v) is 4.52. The molecule has 0 aromatic heterocycles. The Morgan fingerprint density at radius 1 is 1.33 bits per heavy atom. The van der Waals surface area contributed by atoms with Crippen LogP contribution < -0.4 is 5.32 Å². The van der Waals surface area contributed by atoms with Gasteiger partial charge in [0.1, 0.15) is 0 Å². The lowest BCUT2D eigenvalue weighted by molar-refractivity contribution is -0.124. The number of nitrogens with one attached hydrogen (secondary N) is 1. The summed E-state index contributed by atoms with van der Waals surface area (Å²) < 4.78 is 0. The summed E-state index contributed by atoms with van der Waals surface area (Å²) in [6.45, 7) is 7.83. The molecule has 0 radical (unpaired) electrons. The van der Waals surface area contributed by atoms with E-state index in [9.17, 15) is 4.79 Å². The predicted octanol–water partition coefficient (Wildman–Crippen LogP) is 3.00. The average Bonchev–Trinajstić information content (AvgIpc) is 2.86. The molecule has 21 heavy (non-hydrogen) atoms. The van der Waals surface area contributed by atoms with Crippen molar-refractivity contribution in [2.75, 3.05) is 13.1 Å². The standard InChI is InChI=1S/C18H28N2O/c1-4-18(2,3)19-17(21)14-20-12-8-11-16(20)13-15-9-6-5-7-10-15/h5-7,9-10,16H,4,8,11-14H2,1-3H3,(H,19,21). The summed E-state index contributed by atoms with van der Waals surface area (Å²) in [5.41, 5.74) is 1.26. The highest BCUT2D eigenvalue weighted by Crippen LogP contribution is 2.21. The van der Waals surface area contributed by atoms with E-state index in [4.69, 9.17) is 0 Å². The van der Waals surface area contributed by atoms with Crippen LogP contribution in [-0.4, -0.2) is 35.5 Å². The van der Waals surface area contributed by atoms with Gasteiger partial charge in [-0.3, -0.25) is 9.69 Å². The molecule has 1 aromatic carbocycles. The van der Waals surface area contributed by atoms with Crippen molar-refractivity contribution in [3.8, 4) is 0 Å². The van der Waals surface area contributed by atoms with Gasteiger partial charge in [0.2, 0.25) is 5.91 Å². The van der Waals surface area contributed by atoms with Crippen molar-refractivity contribution in [2.24, 2.45) is 0 Å². The van der Waals surface area contributed by atoms with E-state index in [0.717, 1.165) is 19.4 Å². The first-order chi connectivity index (χ1) is 10.00. The molecule has 1 aromatic rings. The molecule has 0 bridgehead atoms. The Hall–Kier alpha value is -1.35. The number of hydrogen-bond donors (Lipinski definition) is 1. The maximum absolute atomic E-state index is 12.2. The number of carbonyl (C=O) groups excluding carboxylic acids is 1. The van der Waals surface area contributed by atoms with Crippen LogP contribution in [0.25, 0.3) is 0 Å². The molecule has 0 aliphatic carbocycles. The first-order valence-corrected chi connectivity index (χ1v) is 8.09. The van der Waals surface area contributed by atoms with Crippen molar-refractivity contribution in [1.82, 2.24) is 10.2 Å². The van der Waals surface area contributed by atoms with Gasteiger partial charge < -0.3 is 5.32 Å². The highest BCUT2D eigenvalue weighted by molar-refractivity contribution is 5.78. The summed E-state index contributed by atoms with van der Waals surface area (Å²) in [7, 11) is 0. The SMILES string of the molecule is CCC(C)(C)NC(=O)CN1CCCC1Cc1ccccc1. The summed E-state index contributed by atoms with van der Waals surface area (Å²) in [6.07, 6.45) is 4.39. The Morgan fingerprint density at radius 2 is 2.05 bits per heavy atom. The van der Waals surface area contributed by atoms with E-state index in [1.165, 1.54) is 18.4 Å². The zero-order chi connectivity index (χ0) is 15.3. The van der Waals surface area contributed by atoms with Gasteiger partial charge in [-0.15, -0.1) is 0 Å². The summed E-state index contributed by atoms with van der Waals surface area (Å²) >= 11 is 0. The van der Waals surface area contributed by atoms with Crippen LogP contribution in [-0.2, 0) is 11.2 Å². The highest BCUT2D eigenvalue weighted by atomic mass is 16.2. The van der Waals surface area contributed by atoms with Crippen LogP contribution in [0.4, 0.5) is 0 Å². The van der Waals surface area contributed by atoms with Crippen LogP contribution in [0, 0.1) is 0 Å². The molecular formula is C18H28N2O. The van der Waals surface area contributed by atoms with E-state index < -0.39 is 0 Å². The van der Waals surface area contributed by atoms with E-state index in [1.54, 1.807) is 0 Å². The Morgan fingerprint density at radius 3 is 2.71 bits per heavy atom. The Bertz CT molecular complexity index is 456. The minimum Gasteiger partial charge on any atom is -0.350 e. The topological polar surface area (TPSA) is 32.3 Å². The molecule has 116 valence electrons. The van der Waals surface area contributed by atoms with Gasteiger partial charge in [-0.25, -0.2) is 0 Å². The van der Waals surface area contributed by atoms with Crippen molar-refractivity contribution in [2.45, 2.75) is 58.0 Å². The summed E-state index contributed by atoms with van der Waals surface area (Å²) in [5.74, 6) is 0.154. The third-order valence-electron chi connectivity index (χ3n) is 4.52. The van der Waals surface area contributed by atoms with Gasteiger partial charge in [0.15, 0.2) is 0 Å². The molecule has 1 fully saturated rings. The fourth-order valence-corrected chi connectivity index (χ4v) is 2.91. The highest BCUT2D eigenvalue weighted by Gasteiger charge is 2.27. The van der Waals surface area contributed by atoms with Gasteiger partial charge >= 0.3 is 0 Å². The van der Waals surface area contributed by atoms with E-state index in [-0.39, 0.29) is 11.4 Å². The molecular weight excluding hydrogens is 260 g/mol. The lowest BCUT2D eigenvalue weighted by Crippen LogP contribution is -2.48. The maximum Gasteiger partial charge on any atom is 0.234 e. The number of hydrogen-bond acceptors (Lipinski definition) is 2. The van der Waals surface area contributed by atoms with E-state index in [1.807, 2.05) is 0 Å². The average molecular weight is 288 g/mol. The summed E-state index contributed by atoms with van der Waals surface area (Å²) in [6, 6.07) is 11.1. The van der Waals surface area contributed by atoms with Crippen molar-refractivity contribution >= 4 is 5.91 Å². The molecule has 1 unspecified atom stereocenters. The lowest BCUT2D eigenvalue weighted by Gasteiger charge is -2.28. The first kappa shape index (κ1) is 16.0. The Balaban J connectivity index is 1.89. The summed E-state index contributed by atoms with van der Waals surface area (Å²) in [4.78, 5) is 14.6. The molecule has 3 heteroatoms. The first-order valence-electron chi connectivity index (χ1n) is 8.09. The zero-order valence-electron chi connectivity index (χ0n) is 13.6. The molecule has 0 spiro atoms. The third kappa shape index (κ3) is 4.85. The van der Waals surface area contributed by atoms with Gasteiger partial charge in [0.05, 0.1) is 6.54 Å². The van der Waals surface area contributed by atoms with Gasteiger partial charge in [0, 0.05) is 11.6 Å². The minimum absolute atomic E-state index is 0.105. The number of benzene rings is 1. The van der Waals surface area contributed by atoms with E-state index in [2.05, 4.69) is 61.3 Å². The molecule has 0 saturated carbocycles. The monoisotopic (exact) mass is 288 g/mol. The van der Waals surface area contributed by atoms with Crippen LogP contribution in [0.3, 0.4) is 0 Å². The van der Waals surface area contributed by atoms with Crippen molar-refractivity contribution in [3.63, 3.8) is 0 Å². The number of rotatable bonds is 6. The lowest BCUT2D eigenvalue weighted by atomic mass is 10.0. The molecule has 1 heterocycles. The second-order valence-electron chi connectivity index (χ2n) is 6.74. The van der Waals surface area contributed by atoms with Crippen LogP contribution >= 0.6 is 0 Å². The Kier molecular flexibility index (Phi) is 5.40. The second-order valence-corrected chi connectivity index (χ2v) is 6.74. The maximum atomic E-state index is 12.2. The zero-order valence-corrected chi connectivity index (χ0v) is 13.6. The van der Waals surface area contributed by atoms with Gasteiger partial charge in [-0.05, 0) is 51.6 Å². The molecule has 3 nitrogen and oxygen atoms in total. The quantitative estimate of drug-likeness (QED) is 0.873. The van der Waals surface area contributed by atoms with Gasteiger partial charge in [-0.1, -0.05) is 37.3 Å². The molecule has 1 atom stereocenters. The largest absolute Gasteiger partial charge is 0.350 e. The number of carbonyl (C=O) groups is 1. The van der Waals surface area contributed by atoms with Crippen LogP contribution in [0.2, 0.25) is 0 Å². The fourth-order valence-electron chi connectivity index (χ4n) is 2.91. The number of nitrogens with zero attached hydrogens (tertiary/aromatic N) is 1. The van der Waals surface area contributed by atoms with Gasteiger partial charge in [-0.2, -0.15) is 0 Å². The molecule has 1 aliphatic heterocycles. The van der Waals surface area contributed by atoms with Crippen LogP contribution in [0.15, 0.2) is 30.3 Å². The van der Waals surface area contributed by atoms with E-state index in [0.29, 0.717) is 12.6 Å². The van der Waals surface area contributed by atoms with Gasteiger partial charge in [0.25, 0.3) is 0 Å². The second kappa shape index (κ2) is 7.08. The normalized spacial score (nSPS) is 19.7. The predicted molar refractivity (Wildman–Crippen MR) is 87.3 cm³/mol. The summed E-state index contributed by atoms with van der Waals surface area (Å²) in [5, 5.41) is 3.14. The number of likely N-dealkylation sites (tertiary alicyclic amines) is 1. The molecule has 1 N–H and O–H groups in total. The van der Waals surface area contributed by atoms with Crippen molar-refractivity contribution in [1.29, 1.82) is 0 Å². The van der Waals surface area contributed by atoms with Crippen LogP contribution in [0.5, 0.6) is 0 Å². The molecule has 1 amide bonds. The molecule has 1 aliphatic rings. The van der Waals surface area contributed by atoms with Crippen molar-refractivity contribution in [3.05, 3.63) is 35.9 Å².